The molecule has 3 amide bonds. The summed E-state index contributed by atoms with van der Waals surface area (Å²) < 4.78 is 16.3. The quantitative estimate of drug-likeness (QED) is 0.232. The number of para-hydroxylation sites is 1. The van der Waals surface area contributed by atoms with Crippen LogP contribution in [0.15, 0.2) is 108 Å². The molecule has 1 aliphatic rings. The molecule has 0 unspecified atom stereocenters. The highest BCUT2D eigenvalue weighted by molar-refractivity contribution is 6.53. The SMILES string of the molecule is COc1ccc(NC(=O)c2ccc(NC3=C(Cl)C(=O)N(c4ccc(Oc5ccccc5)cc4)C3=O)cc2)c(OC)c1. The molecule has 0 aromatic heterocycles. The highest BCUT2D eigenvalue weighted by atomic mass is 35.5. The molecule has 2 N–H and O–H groups in total. The van der Waals surface area contributed by atoms with Gasteiger partial charge in [0.25, 0.3) is 17.7 Å². The minimum Gasteiger partial charge on any atom is -0.497 e. The van der Waals surface area contributed by atoms with Gasteiger partial charge in [0.1, 0.15) is 33.7 Å². The van der Waals surface area contributed by atoms with Crippen molar-refractivity contribution < 1.29 is 28.6 Å². The number of hydrogen-bond acceptors (Lipinski definition) is 7. The van der Waals surface area contributed by atoms with E-state index >= 15 is 0 Å². The van der Waals surface area contributed by atoms with Crippen LogP contribution < -0.4 is 29.7 Å². The van der Waals surface area contributed by atoms with Crippen molar-refractivity contribution in [2.45, 2.75) is 0 Å². The third-order valence-corrected chi connectivity index (χ3v) is 6.53. The summed E-state index contributed by atoms with van der Waals surface area (Å²) in [5.41, 5.74) is 1.58. The monoisotopic (exact) mass is 569 g/mol. The van der Waals surface area contributed by atoms with Gasteiger partial charge in [0.05, 0.1) is 25.6 Å². The first-order chi connectivity index (χ1) is 19.9. The van der Waals surface area contributed by atoms with Crippen molar-refractivity contribution in [2.24, 2.45) is 0 Å². The molecule has 41 heavy (non-hydrogen) atoms. The maximum Gasteiger partial charge on any atom is 0.283 e. The first-order valence-electron chi connectivity index (χ1n) is 12.4. The van der Waals surface area contributed by atoms with E-state index in [1.807, 2.05) is 30.3 Å². The average Bonchev–Trinajstić information content (AvgIpc) is 3.21. The Labute approximate surface area is 240 Å². The van der Waals surface area contributed by atoms with Crippen LogP contribution >= 0.6 is 11.6 Å². The number of imide groups is 1. The molecule has 5 rings (SSSR count). The van der Waals surface area contributed by atoms with Crippen LogP contribution in [0.4, 0.5) is 17.1 Å². The molecule has 0 fully saturated rings. The number of carbonyl (C=O) groups excluding carboxylic acids is 3. The van der Waals surface area contributed by atoms with Crippen LogP contribution in [-0.2, 0) is 9.59 Å². The number of anilines is 3. The molecule has 0 aliphatic carbocycles. The van der Waals surface area contributed by atoms with Crippen LogP contribution in [-0.4, -0.2) is 31.9 Å². The second kappa shape index (κ2) is 11.8. The zero-order chi connectivity index (χ0) is 28.9. The largest absolute Gasteiger partial charge is 0.497 e. The van der Waals surface area contributed by atoms with E-state index in [4.69, 9.17) is 25.8 Å². The van der Waals surface area contributed by atoms with Gasteiger partial charge >= 0.3 is 0 Å². The van der Waals surface area contributed by atoms with Crippen LogP contribution in [0.5, 0.6) is 23.0 Å². The molecular weight excluding hydrogens is 546 g/mol. The van der Waals surface area contributed by atoms with Crippen LogP contribution in [0.3, 0.4) is 0 Å². The Bertz CT molecular complexity index is 1640. The molecule has 1 aliphatic heterocycles. The van der Waals surface area contributed by atoms with Crippen LogP contribution in [0.2, 0.25) is 0 Å². The number of hydrogen-bond donors (Lipinski definition) is 2. The van der Waals surface area contributed by atoms with Crippen molar-refractivity contribution in [3.63, 3.8) is 0 Å². The summed E-state index contributed by atoms with van der Waals surface area (Å²) in [6.45, 7) is 0. The number of nitrogens with zero attached hydrogens (tertiary/aromatic N) is 1. The van der Waals surface area contributed by atoms with Crippen molar-refractivity contribution in [3.8, 4) is 23.0 Å². The Morgan fingerprint density at radius 2 is 1.41 bits per heavy atom. The zero-order valence-electron chi connectivity index (χ0n) is 22.0. The predicted molar refractivity (Wildman–Crippen MR) is 156 cm³/mol. The van der Waals surface area contributed by atoms with Crippen LogP contribution in [0, 0.1) is 0 Å². The standard InChI is InChI=1S/C31H24ClN3O6/c1-39-24-16-17-25(26(18-24)40-2)34-29(36)19-8-10-20(11-9-19)33-28-27(32)30(37)35(31(28)38)21-12-14-23(15-13-21)41-22-6-4-3-5-7-22/h3-18,33H,1-2H3,(H,34,36). The molecule has 0 radical (unpaired) electrons. The molecule has 206 valence electrons. The lowest BCUT2D eigenvalue weighted by Gasteiger charge is -2.16. The Balaban J connectivity index is 1.25. The second-order valence-electron chi connectivity index (χ2n) is 8.77. The number of carbonyl (C=O) groups is 3. The lowest BCUT2D eigenvalue weighted by atomic mass is 10.1. The number of ether oxygens (including phenoxy) is 3. The molecule has 0 atom stereocenters. The Morgan fingerprint density at radius 3 is 2.07 bits per heavy atom. The Hall–Kier alpha value is -5.28. The third kappa shape index (κ3) is 5.85. The van der Waals surface area contributed by atoms with Gasteiger partial charge in [0, 0.05) is 17.3 Å². The first-order valence-corrected chi connectivity index (χ1v) is 12.8. The van der Waals surface area contributed by atoms with Crippen LogP contribution in [0.1, 0.15) is 10.4 Å². The molecule has 0 bridgehead atoms. The van der Waals surface area contributed by atoms with E-state index in [2.05, 4.69) is 10.6 Å². The summed E-state index contributed by atoms with van der Waals surface area (Å²) in [7, 11) is 3.04. The molecule has 4 aromatic rings. The van der Waals surface area contributed by atoms with E-state index < -0.39 is 11.8 Å². The van der Waals surface area contributed by atoms with Gasteiger partial charge in [-0.3, -0.25) is 14.4 Å². The van der Waals surface area contributed by atoms with E-state index in [0.717, 1.165) is 4.90 Å². The molecule has 4 aromatic carbocycles. The van der Waals surface area contributed by atoms with E-state index in [1.165, 1.54) is 14.2 Å². The maximum absolute atomic E-state index is 13.2. The van der Waals surface area contributed by atoms with Crippen molar-refractivity contribution in [2.75, 3.05) is 29.8 Å². The minimum atomic E-state index is -0.652. The van der Waals surface area contributed by atoms with Crippen molar-refractivity contribution in [1.82, 2.24) is 0 Å². The molecule has 10 heteroatoms. The lowest BCUT2D eigenvalue weighted by Crippen LogP contribution is -2.32. The van der Waals surface area contributed by atoms with Gasteiger partial charge in [0.15, 0.2) is 0 Å². The van der Waals surface area contributed by atoms with Gasteiger partial charge in [0.2, 0.25) is 0 Å². The summed E-state index contributed by atoms with van der Waals surface area (Å²) in [5, 5.41) is 5.46. The summed E-state index contributed by atoms with van der Waals surface area (Å²) >= 11 is 6.27. The summed E-state index contributed by atoms with van der Waals surface area (Å²) in [4.78, 5) is 39.8. The van der Waals surface area contributed by atoms with Crippen molar-refractivity contribution in [1.29, 1.82) is 0 Å². The van der Waals surface area contributed by atoms with E-state index in [-0.39, 0.29) is 16.6 Å². The molecule has 1 heterocycles. The minimum absolute atomic E-state index is 0.0681. The molecule has 9 nitrogen and oxygen atoms in total. The van der Waals surface area contributed by atoms with E-state index in [0.29, 0.717) is 45.6 Å². The van der Waals surface area contributed by atoms with E-state index in [1.54, 1.807) is 66.7 Å². The topological polar surface area (TPSA) is 106 Å². The fraction of sp³-hybridized carbons (Fsp3) is 0.0645. The first kappa shape index (κ1) is 27.3. The van der Waals surface area contributed by atoms with Gasteiger partial charge in [-0.25, -0.2) is 4.90 Å². The van der Waals surface area contributed by atoms with Gasteiger partial charge in [-0.2, -0.15) is 0 Å². The fourth-order valence-corrected chi connectivity index (χ4v) is 4.29. The normalized spacial score (nSPS) is 12.8. The molecule has 0 saturated heterocycles. The Kier molecular flexibility index (Phi) is 7.89. The van der Waals surface area contributed by atoms with Gasteiger partial charge in [-0.05, 0) is 72.8 Å². The number of nitrogens with one attached hydrogen (secondary N) is 2. The van der Waals surface area contributed by atoms with Gasteiger partial charge in [-0.15, -0.1) is 0 Å². The third-order valence-electron chi connectivity index (χ3n) is 6.17. The number of methoxy groups -OCH3 is 2. The maximum atomic E-state index is 13.2. The van der Waals surface area contributed by atoms with Crippen LogP contribution in [0.25, 0.3) is 0 Å². The lowest BCUT2D eigenvalue weighted by molar-refractivity contribution is -0.120. The van der Waals surface area contributed by atoms with Gasteiger partial charge in [-0.1, -0.05) is 29.8 Å². The van der Waals surface area contributed by atoms with Gasteiger partial charge < -0.3 is 24.8 Å². The highest BCUT2D eigenvalue weighted by Crippen LogP contribution is 2.33. The summed E-state index contributed by atoms with van der Waals surface area (Å²) in [6.07, 6.45) is 0. The smallest absolute Gasteiger partial charge is 0.283 e. The number of halogens is 1. The summed E-state index contributed by atoms with van der Waals surface area (Å²) in [5.74, 6) is 0.626. The number of amides is 3. The van der Waals surface area contributed by atoms with Crippen molar-refractivity contribution in [3.05, 3.63) is 113 Å². The average molecular weight is 570 g/mol. The molecular formula is C31H24ClN3O6. The number of benzene rings is 4. The second-order valence-corrected chi connectivity index (χ2v) is 9.14. The highest BCUT2D eigenvalue weighted by Gasteiger charge is 2.39. The molecule has 0 saturated carbocycles. The summed E-state index contributed by atoms with van der Waals surface area (Å²) in [6, 6.07) is 27.2. The Morgan fingerprint density at radius 1 is 0.756 bits per heavy atom. The fourth-order valence-electron chi connectivity index (χ4n) is 4.08. The molecule has 0 spiro atoms. The predicted octanol–water partition coefficient (Wildman–Crippen LogP) is 6.18. The number of rotatable bonds is 9. The zero-order valence-corrected chi connectivity index (χ0v) is 22.8. The van der Waals surface area contributed by atoms with Crippen molar-refractivity contribution >= 4 is 46.4 Å². The van der Waals surface area contributed by atoms with E-state index in [9.17, 15) is 14.4 Å².